The molecule has 0 radical (unpaired) electrons. The molecule has 5 heteroatoms. The molecule has 1 amide bonds. The Hall–Kier alpha value is -0.910. The maximum atomic E-state index is 13.0. The van der Waals surface area contributed by atoms with Gasteiger partial charge in [-0.2, -0.15) is 0 Å². The quantitative estimate of drug-likeness (QED) is 0.898. The first-order valence-electron chi connectivity index (χ1n) is 7.04. The van der Waals surface area contributed by atoms with Gasteiger partial charge in [-0.25, -0.2) is 0 Å². The molecule has 2 aliphatic rings. The second kappa shape index (κ2) is 5.47. The van der Waals surface area contributed by atoms with Crippen molar-refractivity contribution >= 4 is 27.5 Å². The number of ether oxygens (including phenoxy) is 1. The van der Waals surface area contributed by atoms with Gasteiger partial charge in [0.2, 0.25) is 5.91 Å². The summed E-state index contributed by atoms with van der Waals surface area (Å²) < 4.78 is 6.40. The van der Waals surface area contributed by atoms with Crippen LogP contribution in [-0.4, -0.2) is 32.2 Å². The molecule has 1 saturated heterocycles. The van der Waals surface area contributed by atoms with Gasteiger partial charge in [0.15, 0.2) is 0 Å². The molecule has 108 valence electrons. The number of carbonyl (C=O) groups excluding carboxylic acids is 1. The molecular weight excluding hydrogens is 320 g/mol. The van der Waals surface area contributed by atoms with Gasteiger partial charge in [0.05, 0.1) is 5.41 Å². The smallest absolute Gasteiger partial charge is 0.234 e. The highest BCUT2D eigenvalue weighted by atomic mass is 79.9. The van der Waals surface area contributed by atoms with Gasteiger partial charge in [-0.3, -0.25) is 4.79 Å². The summed E-state index contributed by atoms with van der Waals surface area (Å²) in [6.45, 7) is 2.41. The second-order valence-corrected chi connectivity index (χ2v) is 6.49. The van der Waals surface area contributed by atoms with E-state index in [0.29, 0.717) is 19.8 Å². The van der Waals surface area contributed by atoms with Crippen LogP contribution < -0.4 is 10.6 Å². The third kappa shape index (κ3) is 2.28. The average molecular weight is 339 g/mol. The molecule has 0 aromatic heterocycles. The molecule has 2 heterocycles. The predicted octanol–water partition coefficient (Wildman–Crippen LogP) is 2.09. The van der Waals surface area contributed by atoms with E-state index in [1.165, 1.54) is 5.56 Å². The van der Waals surface area contributed by atoms with Crippen LogP contribution in [0.25, 0.3) is 0 Å². The molecule has 2 aliphatic heterocycles. The first-order valence-corrected chi connectivity index (χ1v) is 7.84. The van der Waals surface area contributed by atoms with Crippen molar-refractivity contribution in [2.24, 2.45) is 11.1 Å². The molecule has 0 bridgehead atoms. The maximum Gasteiger partial charge on any atom is 0.234 e. The standard InChI is InChI=1S/C15H19BrN2O2/c16-12-2-1-11-3-6-18(13(11)9-12)14(19)15(10-17)4-7-20-8-5-15/h1-2,9H,3-8,10,17H2. The van der Waals surface area contributed by atoms with E-state index >= 15 is 0 Å². The van der Waals surface area contributed by atoms with Crippen LogP contribution in [0.5, 0.6) is 0 Å². The molecule has 0 unspecified atom stereocenters. The Morgan fingerprint density at radius 2 is 2.15 bits per heavy atom. The summed E-state index contributed by atoms with van der Waals surface area (Å²) in [6, 6.07) is 6.15. The molecule has 3 rings (SSSR count). The Labute approximate surface area is 127 Å². The molecule has 1 aromatic rings. The molecule has 0 spiro atoms. The zero-order valence-electron chi connectivity index (χ0n) is 11.4. The fraction of sp³-hybridized carbons (Fsp3) is 0.533. The zero-order chi connectivity index (χ0) is 14.2. The number of fused-ring (bicyclic) bond motifs is 1. The van der Waals surface area contributed by atoms with Gasteiger partial charge in [-0.1, -0.05) is 22.0 Å². The third-order valence-electron chi connectivity index (χ3n) is 4.48. The van der Waals surface area contributed by atoms with Crippen LogP contribution in [0.2, 0.25) is 0 Å². The van der Waals surface area contributed by atoms with Crippen molar-refractivity contribution in [1.82, 2.24) is 0 Å². The van der Waals surface area contributed by atoms with E-state index in [1.807, 2.05) is 17.0 Å². The van der Waals surface area contributed by atoms with Crippen molar-refractivity contribution in [3.8, 4) is 0 Å². The van der Waals surface area contributed by atoms with Crippen LogP contribution in [0, 0.1) is 5.41 Å². The molecule has 1 aromatic carbocycles. The van der Waals surface area contributed by atoms with Crippen LogP contribution in [0.3, 0.4) is 0 Å². The number of nitrogens with zero attached hydrogens (tertiary/aromatic N) is 1. The molecule has 4 nitrogen and oxygen atoms in total. The molecule has 0 saturated carbocycles. The van der Waals surface area contributed by atoms with Crippen molar-refractivity contribution in [3.05, 3.63) is 28.2 Å². The second-order valence-electron chi connectivity index (χ2n) is 5.58. The zero-order valence-corrected chi connectivity index (χ0v) is 13.0. The minimum absolute atomic E-state index is 0.167. The number of hydrogen-bond acceptors (Lipinski definition) is 3. The Balaban J connectivity index is 1.90. The van der Waals surface area contributed by atoms with Gasteiger partial charge >= 0.3 is 0 Å². The first-order chi connectivity index (χ1) is 9.66. The van der Waals surface area contributed by atoms with Crippen LogP contribution in [-0.2, 0) is 16.0 Å². The number of nitrogens with two attached hydrogens (primary N) is 1. The highest BCUT2D eigenvalue weighted by Gasteiger charge is 2.43. The number of rotatable bonds is 2. The van der Waals surface area contributed by atoms with Gasteiger partial charge in [-0.15, -0.1) is 0 Å². The van der Waals surface area contributed by atoms with Gasteiger partial charge < -0.3 is 15.4 Å². The Morgan fingerprint density at radius 1 is 1.40 bits per heavy atom. The minimum Gasteiger partial charge on any atom is -0.381 e. The monoisotopic (exact) mass is 338 g/mol. The van der Waals surface area contributed by atoms with E-state index in [-0.39, 0.29) is 5.91 Å². The van der Waals surface area contributed by atoms with Crippen molar-refractivity contribution in [3.63, 3.8) is 0 Å². The summed E-state index contributed by atoms with van der Waals surface area (Å²) in [7, 11) is 0. The molecule has 0 aliphatic carbocycles. The topological polar surface area (TPSA) is 55.6 Å². The van der Waals surface area contributed by atoms with E-state index in [1.54, 1.807) is 0 Å². The lowest BCUT2D eigenvalue weighted by molar-refractivity contribution is -0.132. The fourth-order valence-electron chi connectivity index (χ4n) is 3.12. The lowest BCUT2D eigenvalue weighted by Crippen LogP contribution is -2.50. The SMILES string of the molecule is NCC1(C(=O)N2CCc3ccc(Br)cc32)CCOCC1. The van der Waals surface area contributed by atoms with E-state index in [4.69, 9.17) is 10.5 Å². The number of carbonyl (C=O) groups is 1. The van der Waals surface area contributed by atoms with Gasteiger partial charge in [0.25, 0.3) is 0 Å². The highest BCUT2D eigenvalue weighted by Crippen LogP contribution is 2.37. The molecule has 2 N–H and O–H groups in total. The Kier molecular flexibility index (Phi) is 3.84. The van der Waals surface area contributed by atoms with E-state index in [2.05, 4.69) is 22.0 Å². The van der Waals surface area contributed by atoms with Gasteiger partial charge in [0.1, 0.15) is 0 Å². The third-order valence-corrected chi connectivity index (χ3v) is 4.98. The molecular formula is C15H19BrN2O2. The van der Waals surface area contributed by atoms with Crippen molar-refractivity contribution in [2.45, 2.75) is 19.3 Å². The van der Waals surface area contributed by atoms with Crippen molar-refractivity contribution in [2.75, 3.05) is 31.2 Å². The fourth-order valence-corrected chi connectivity index (χ4v) is 3.47. The number of halogens is 1. The molecule has 0 atom stereocenters. The summed E-state index contributed by atoms with van der Waals surface area (Å²) in [5, 5.41) is 0. The van der Waals surface area contributed by atoms with Gasteiger partial charge in [-0.05, 0) is 37.0 Å². The largest absolute Gasteiger partial charge is 0.381 e. The molecule has 20 heavy (non-hydrogen) atoms. The highest BCUT2D eigenvalue weighted by molar-refractivity contribution is 9.10. The Morgan fingerprint density at radius 3 is 2.85 bits per heavy atom. The lowest BCUT2D eigenvalue weighted by Gasteiger charge is -2.37. The number of benzene rings is 1. The number of anilines is 1. The summed E-state index contributed by atoms with van der Waals surface area (Å²) in [5.41, 5.74) is 7.77. The van der Waals surface area contributed by atoms with E-state index < -0.39 is 5.41 Å². The Bertz CT molecular complexity index is 527. The van der Waals surface area contributed by atoms with E-state index in [9.17, 15) is 4.79 Å². The summed E-state index contributed by atoms with van der Waals surface area (Å²) in [6.07, 6.45) is 2.37. The number of amides is 1. The first kappa shape index (κ1) is 14.0. The average Bonchev–Trinajstić information content (AvgIpc) is 2.90. The van der Waals surface area contributed by atoms with E-state index in [0.717, 1.165) is 36.0 Å². The minimum atomic E-state index is -0.442. The predicted molar refractivity (Wildman–Crippen MR) is 81.7 cm³/mol. The lowest BCUT2D eigenvalue weighted by atomic mass is 9.79. The van der Waals surface area contributed by atoms with Crippen LogP contribution in [0.1, 0.15) is 18.4 Å². The summed E-state index contributed by atoms with van der Waals surface area (Å²) in [4.78, 5) is 14.9. The van der Waals surface area contributed by atoms with Gasteiger partial charge in [0, 0.05) is 36.5 Å². The summed E-state index contributed by atoms with van der Waals surface area (Å²) >= 11 is 3.49. The van der Waals surface area contributed by atoms with Crippen molar-refractivity contribution < 1.29 is 9.53 Å². The van der Waals surface area contributed by atoms with Crippen molar-refractivity contribution in [1.29, 1.82) is 0 Å². The van der Waals surface area contributed by atoms with Crippen LogP contribution in [0.4, 0.5) is 5.69 Å². The number of hydrogen-bond donors (Lipinski definition) is 1. The summed E-state index contributed by atoms with van der Waals surface area (Å²) in [5.74, 6) is 0.167. The van der Waals surface area contributed by atoms with Crippen LogP contribution >= 0.6 is 15.9 Å². The normalized spacial score (nSPS) is 20.8. The van der Waals surface area contributed by atoms with Crippen LogP contribution in [0.15, 0.2) is 22.7 Å². The maximum absolute atomic E-state index is 13.0. The molecule has 1 fully saturated rings.